The van der Waals surface area contributed by atoms with Crippen LogP contribution < -0.4 is 0 Å². The van der Waals surface area contributed by atoms with Gasteiger partial charge in [-0.2, -0.15) is 0 Å². The quantitative estimate of drug-likeness (QED) is 0.405. The Morgan fingerprint density at radius 3 is 2.53 bits per heavy atom. The molecule has 1 aromatic heterocycles. The number of hydrogen-bond acceptors (Lipinski definition) is 3. The first-order valence-electron chi connectivity index (χ1n) is 5.00. The van der Waals surface area contributed by atoms with Gasteiger partial charge in [0, 0.05) is 5.56 Å². The van der Waals surface area contributed by atoms with E-state index in [0.717, 1.165) is 0 Å². The van der Waals surface area contributed by atoms with Gasteiger partial charge in [-0.15, -0.1) is 4.74 Å². The Morgan fingerprint density at radius 2 is 2.00 bits per heavy atom. The van der Waals surface area contributed by atoms with Gasteiger partial charge in [-0.05, 0) is 18.2 Å². The molecule has 0 bridgehead atoms. The molecule has 1 heterocycles. The molecule has 7 heteroatoms. The van der Waals surface area contributed by atoms with E-state index in [1.165, 1.54) is 24.3 Å². The highest BCUT2D eigenvalue weighted by Crippen LogP contribution is 2.35. The highest BCUT2D eigenvalue weighted by Gasteiger charge is 2.17. The lowest BCUT2D eigenvalue weighted by Crippen LogP contribution is -1.98. The van der Waals surface area contributed by atoms with Crippen LogP contribution in [0.4, 0.5) is 5.88 Å². The van der Waals surface area contributed by atoms with Crippen LogP contribution in [-0.2, 0) is 0 Å². The van der Waals surface area contributed by atoms with Crippen molar-refractivity contribution in [3.05, 3.63) is 45.1 Å². The maximum Gasteiger partial charge on any atom is 0.384 e. The number of furan rings is 1. The summed E-state index contributed by atoms with van der Waals surface area (Å²) in [5, 5.41) is 20.2. The number of halogens is 2. The molecule has 5 nitrogen and oxygen atoms in total. The van der Waals surface area contributed by atoms with Crippen molar-refractivity contribution in [2.24, 2.45) is 0 Å². The van der Waals surface area contributed by atoms with Crippen LogP contribution in [0.5, 0.6) is 0 Å². The Kier molecular flexibility index (Phi) is 3.50. The van der Waals surface area contributed by atoms with E-state index in [-0.39, 0.29) is 27.3 Å². The van der Waals surface area contributed by atoms with Gasteiger partial charge in [0.25, 0.3) is 0 Å². The summed E-state index contributed by atoms with van der Waals surface area (Å²) in [6.45, 7) is 3.13. The van der Waals surface area contributed by atoms with Gasteiger partial charge in [-0.3, -0.25) is 0 Å². The molecule has 98 valence electrons. The predicted octanol–water partition coefficient (Wildman–Crippen LogP) is 3.79. The van der Waals surface area contributed by atoms with Gasteiger partial charge >= 0.3 is 11.9 Å². The van der Waals surface area contributed by atoms with E-state index in [4.69, 9.17) is 32.7 Å². The van der Waals surface area contributed by atoms with Gasteiger partial charge in [-0.25, -0.2) is 4.79 Å². The minimum Gasteiger partial charge on any atom is -0.616 e. The van der Waals surface area contributed by atoms with E-state index in [1.807, 2.05) is 0 Å². The largest absolute Gasteiger partial charge is 0.616 e. The minimum absolute atomic E-state index is 0.0158. The molecule has 19 heavy (non-hydrogen) atoms. The number of aromatic carboxylic acids is 1. The average Bonchev–Trinajstić information content (AvgIpc) is 2.77. The first-order chi connectivity index (χ1) is 8.90. The number of carboxylic acid groups (broad SMARTS) is 1. The highest BCUT2D eigenvalue weighted by atomic mass is 35.5. The zero-order valence-corrected chi connectivity index (χ0v) is 10.9. The third kappa shape index (κ3) is 2.57. The highest BCUT2D eigenvalue weighted by molar-refractivity contribution is 6.38. The lowest BCUT2D eigenvalue weighted by atomic mass is 10.1. The van der Waals surface area contributed by atoms with E-state index in [1.54, 1.807) is 0 Å². The van der Waals surface area contributed by atoms with Crippen LogP contribution in [0.3, 0.4) is 0 Å². The summed E-state index contributed by atoms with van der Waals surface area (Å²) in [6.07, 6.45) is 0. The van der Waals surface area contributed by atoms with Crippen molar-refractivity contribution in [1.82, 2.24) is 0 Å². The molecule has 0 spiro atoms. The maximum atomic E-state index is 11.0. The molecule has 2 rings (SSSR count). The van der Waals surface area contributed by atoms with Crippen molar-refractivity contribution in [3.63, 3.8) is 0 Å². The zero-order chi connectivity index (χ0) is 14.2. The number of carboxylic acids is 1. The van der Waals surface area contributed by atoms with E-state index < -0.39 is 5.97 Å². The molecule has 0 radical (unpaired) electrons. The van der Waals surface area contributed by atoms with Crippen LogP contribution >= 0.6 is 23.2 Å². The standard InChI is InChI=1S/C12H7Cl2NO4/c1-15(18)11-3-2-10(19-11)6-4-7(12(16)17)9(14)5-8(6)13/h2-5H,1H2,(H,16,17). The monoisotopic (exact) mass is 299 g/mol. The van der Waals surface area contributed by atoms with Gasteiger partial charge in [0.05, 0.1) is 21.7 Å². The van der Waals surface area contributed by atoms with Gasteiger partial charge < -0.3 is 14.7 Å². The van der Waals surface area contributed by atoms with Gasteiger partial charge in [-0.1, -0.05) is 23.2 Å². The normalized spacial score (nSPS) is 10.4. The summed E-state index contributed by atoms with van der Waals surface area (Å²) in [5.41, 5.74) is 0.226. The van der Waals surface area contributed by atoms with Crippen molar-refractivity contribution < 1.29 is 19.1 Å². The smallest absolute Gasteiger partial charge is 0.384 e. The molecule has 0 aliphatic heterocycles. The third-order valence-corrected chi connectivity index (χ3v) is 3.02. The number of nitrogens with zero attached hydrogens (tertiary/aromatic N) is 1. The van der Waals surface area contributed by atoms with E-state index >= 15 is 0 Å². The Hall–Kier alpha value is -1.98. The fourth-order valence-corrected chi connectivity index (χ4v) is 2.07. The molecule has 0 fully saturated rings. The van der Waals surface area contributed by atoms with Gasteiger partial charge in [0.15, 0.2) is 0 Å². The molecule has 0 aliphatic carbocycles. The molecular weight excluding hydrogens is 293 g/mol. The Bertz CT molecular complexity index is 678. The minimum atomic E-state index is -1.18. The lowest BCUT2D eigenvalue weighted by Gasteiger charge is -2.05. The second-order valence-electron chi connectivity index (χ2n) is 3.63. The fourth-order valence-electron chi connectivity index (χ4n) is 1.51. The van der Waals surface area contributed by atoms with Crippen molar-refractivity contribution in [1.29, 1.82) is 0 Å². The summed E-state index contributed by atoms with van der Waals surface area (Å²) in [7, 11) is 0. The van der Waals surface area contributed by atoms with Crippen LogP contribution in [-0.4, -0.2) is 22.5 Å². The van der Waals surface area contributed by atoms with Crippen LogP contribution in [0, 0.1) is 5.21 Å². The first-order valence-corrected chi connectivity index (χ1v) is 5.76. The number of benzene rings is 1. The van der Waals surface area contributed by atoms with Crippen molar-refractivity contribution in [3.8, 4) is 11.3 Å². The Morgan fingerprint density at radius 1 is 1.32 bits per heavy atom. The predicted molar refractivity (Wildman–Crippen MR) is 71.5 cm³/mol. The molecule has 0 saturated heterocycles. The van der Waals surface area contributed by atoms with Gasteiger partial charge in [0.2, 0.25) is 0 Å². The molecule has 2 aromatic rings. The summed E-state index contributed by atoms with van der Waals surface area (Å²) >= 11 is 11.8. The summed E-state index contributed by atoms with van der Waals surface area (Å²) in [5.74, 6) is -0.945. The first kappa shape index (κ1) is 13.5. The summed E-state index contributed by atoms with van der Waals surface area (Å²) < 4.78 is 5.51. The Labute approximate surface area is 117 Å². The third-order valence-electron chi connectivity index (χ3n) is 2.39. The molecule has 0 saturated carbocycles. The number of hydrogen-bond donors (Lipinski definition) is 1. The van der Waals surface area contributed by atoms with E-state index in [2.05, 4.69) is 6.72 Å². The summed E-state index contributed by atoms with van der Waals surface area (Å²) in [4.78, 5) is 11.0. The topological polar surface area (TPSA) is 76.5 Å². The van der Waals surface area contributed by atoms with Gasteiger partial charge in [0.1, 0.15) is 12.5 Å². The molecule has 1 aromatic carbocycles. The second kappa shape index (κ2) is 4.95. The molecule has 1 N–H and O–H groups in total. The summed E-state index contributed by atoms with van der Waals surface area (Å²) in [6, 6.07) is 5.49. The van der Waals surface area contributed by atoms with E-state index in [9.17, 15) is 10.0 Å². The number of carbonyl (C=O) groups is 1. The van der Waals surface area contributed by atoms with Crippen LogP contribution in [0.2, 0.25) is 10.0 Å². The number of rotatable bonds is 3. The maximum absolute atomic E-state index is 11.0. The second-order valence-corrected chi connectivity index (χ2v) is 4.45. The molecular formula is C12H7Cl2NO4. The Balaban J connectivity index is 2.57. The van der Waals surface area contributed by atoms with Crippen molar-refractivity contribution in [2.75, 3.05) is 0 Å². The molecule has 0 unspecified atom stereocenters. The molecule has 0 aliphatic rings. The van der Waals surface area contributed by atoms with Crippen molar-refractivity contribution in [2.45, 2.75) is 0 Å². The lowest BCUT2D eigenvalue weighted by molar-refractivity contribution is -0.368. The van der Waals surface area contributed by atoms with Crippen LogP contribution in [0.15, 0.2) is 28.7 Å². The van der Waals surface area contributed by atoms with Crippen LogP contribution in [0.1, 0.15) is 10.4 Å². The fraction of sp³-hybridized carbons (Fsp3) is 0. The van der Waals surface area contributed by atoms with E-state index in [0.29, 0.717) is 10.3 Å². The van der Waals surface area contributed by atoms with Crippen molar-refractivity contribution >= 4 is 41.8 Å². The molecule has 0 amide bonds. The average molecular weight is 300 g/mol. The molecule has 0 atom stereocenters. The SMILES string of the molecule is C=[N+]([O-])c1ccc(-c2cc(C(=O)O)c(Cl)cc2Cl)o1. The van der Waals surface area contributed by atoms with Crippen LogP contribution in [0.25, 0.3) is 11.3 Å². The zero-order valence-electron chi connectivity index (χ0n) is 9.39.